The molecule has 182 valence electrons. The van der Waals surface area contributed by atoms with E-state index >= 15 is 0 Å². The fourth-order valence-electron chi connectivity index (χ4n) is 7.07. The summed E-state index contributed by atoms with van der Waals surface area (Å²) < 4.78 is 5.34. The smallest absolute Gasteiger partial charge is 0.330 e. The summed E-state index contributed by atoms with van der Waals surface area (Å²) >= 11 is 0. The Balaban J connectivity index is 1.39. The van der Waals surface area contributed by atoms with Gasteiger partial charge in [-0.3, -0.25) is 4.79 Å². The molecule has 0 spiro atoms. The predicted octanol–water partition coefficient (Wildman–Crippen LogP) is 5.97. The number of fused-ring (bicyclic) bond motifs is 3. The van der Waals surface area contributed by atoms with Gasteiger partial charge in [-0.25, -0.2) is 4.79 Å². The van der Waals surface area contributed by atoms with Crippen molar-refractivity contribution in [2.45, 2.75) is 59.3 Å². The van der Waals surface area contributed by atoms with Crippen LogP contribution in [0.4, 0.5) is 0 Å². The van der Waals surface area contributed by atoms with Gasteiger partial charge in [-0.05, 0) is 89.3 Å². The van der Waals surface area contributed by atoms with E-state index in [4.69, 9.17) is 4.74 Å². The molecule has 4 rings (SSSR count). The highest BCUT2D eigenvalue weighted by Gasteiger charge is 2.57. The molecule has 5 nitrogen and oxygen atoms in total. The third-order valence-electron chi connectivity index (χ3n) is 8.67. The lowest BCUT2D eigenvalue weighted by atomic mass is 9.44. The van der Waals surface area contributed by atoms with Gasteiger partial charge in [0, 0.05) is 18.4 Å². The molecule has 2 saturated carbocycles. The summed E-state index contributed by atoms with van der Waals surface area (Å²) in [7, 11) is 0. The van der Waals surface area contributed by atoms with E-state index < -0.39 is 5.97 Å². The predicted molar refractivity (Wildman–Crippen MR) is 132 cm³/mol. The molecule has 1 aromatic rings. The lowest BCUT2D eigenvalue weighted by molar-refractivity contribution is -0.140. The number of ketones is 1. The fourth-order valence-corrected chi connectivity index (χ4v) is 7.07. The lowest BCUT2D eigenvalue weighted by Gasteiger charge is -2.59. The maximum atomic E-state index is 13.4. The summed E-state index contributed by atoms with van der Waals surface area (Å²) in [6, 6.07) is 4.30. The van der Waals surface area contributed by atoms with E-state index in [-0.39, 0.29) is 46.6 Å². The van der Waals surface area contributed by atoms with Crippen LogP contribution in [0.3, 0.4) is 0 Å². The van der Waals surface area contributed by atoms with Crippen LogP contribution in [0.15, 0.2) is 48.1 Å². The normalized spacial score (nSPS) is 30.4. The average Bonchev–Trinajstić information content (AvgIpc) is 2.76. The van der Waals surface area contributed by atoms with E-state index in [2.05, 4.69) is 27.4 Å². The molecule has 0 unspecified atom stereocenters. The number of aromatic hydroxyl groups is 2. The monoisotopic (exact) mass is 464 g/mol. The Morgan fingerprint density at radius 2 is 1.94 bits per heavy atom. The molecule has 0 aromatic heterocycles. The van der Waals surface area contributed by atoms with Crippen LogP contribution >= 0.6 is 0 Å². The van der Waals surface area contributed by atoms with Gasteiger partial charge in [0.1, 0.15) is 0 Å². The first-order valence-corrected chi connectivity index (χ1v) is 12.3. The fraction of sp³-hybridized carbons (Fsp3) is 0.517. The number of esters is 1. The second-order valence-corrected chi connectivity index (χ2v) is 11.2. The summed E-state index contributed by atoms with van der Waals surface area (Å²) in [4.78, 5) is 25.5. The van der Waals surface area contributed by atoms with Crippen LogP contribution in [-0.4, -0.2) is 28.6 Å². The van der Waals surface area contributed by atoms with Gasteiger partial charge < -0.3 is 14.9 Å². The summed E-state index contributed by atoms with van der Waals surface area (Å²) in [5.41, 5.74) is 2.81. The minimum atomic E-state index is -0.503. The van der Waals surface area contributed by atoms with Crippen LogP contribution in [0.2, 0.25) is 0 Å². The summed E-state index contributed by atoms with van der Waals surface area (Å²) in [5.74, 6) is -0.000329. The Labute approximate surface area is 202 Å². The number of carbonyl (C=O) groups is 2. The number of allylic oxidation sites excluding steroid dienone is 2. The van der Waals surface area contributed by atoms with Crippen LogP contribution in [-0.2, 0) is 14.3 Å². The molecule has 2 N–H and O–H groups in total. The molecular formula is C29H36O5. The minimum Gasteiger partial charge on any atom is -0.504 e. The van der Waals surface area contributed by atoms with Gasteiger partial charge in [-0.1, -0.05) is 39.8 Å². The minimum absolute atomic E-state index is 0.00860. The Bertz CT molecular complexity index is 1060. The third-order valence-corrected chi connectivity index (χ3v) is 8.67. The van der Waals surface area contributed by atoms with Gasteiger partial charge in [-0.15, -0.1) is 0 Å². The second kappa shape index (κ2) is 9.09. The molecule has 34 heavy (non-hydrogen) atoms. The maximum Gasteiger partial charge on any atom is 0.330 e. The molecule has 0 amide bonds. The van der Waals surface area contributed by atoms with Gasteiger partial charge in [0.2, 0.25) is 0 Å². The molecule has 5 heteroatoms. The van der Waals surface area contributed by atoms with Crippen LogP contribution < -0.4 is 0 Å². The molecule has 0 heterocycles. The molecule has 0 radical (unpaired) electrons. The molecule has 1 aromatic carbocycles. The van der Waals surface area contributed by atoms with Crippen molar-refractivity contribution in [2.75, 3.05) is 6.61 Å². The van der Waals surface area contributed by atoms with Crippen molar-refractivity contribution in [3.63, 3.8) is 0 Å². The molecule has 0 saturated heterocycles. The number of carbonyl (C=O) groups excluding carboxylic acids is 2. The molecule has 3 aliphatic carbocycles. The zero-order chi connectivity index (χ0) is 24.7. The van der Waals surface area contributed by atoms with Crippen molar-refractivity contribution < 1.29 is 24.5 Å². The molecule has 0 bridgehead atoms. The largest absolute Gasteiger partial charge is 0.504 e. The molecule has 2 fully saturated rings. The zero-order valence-electron chi connectivity index (χ0n) is 20.5. The molecule has 3 aliphatic rings. The molecule has 0 aliphatic heterocycles. The van der Waals surface area contributed by atoms with E-state index in [1.54, 1.807) is 12.1 Å². The Hall–Kier alpha value is -2.82. The van der Waals surface area contributed by atoms with Crippen molar-refractivity contribution in [2.24, 2.45) is 28.6 Å². The Morgan fingerprint density at radius 1 is 1.18 bits per heavy atom. The van der Waals surface area contributed by atoms with E-state index in [1.807, 2.05) is 0 Å². The van der Waals surface area contributed by atoms with Crippen LogP contribution in [0.25, 0.3) is 6.08 Å². The van der Waals surface area contributed by atoms with Crippen molar-refractivity contribution >= 4 is 17.8 Å². The number of benzene rings is 1. The van der Waals surface area contributed by atoms with Gasteiger partial charge >= 0.3 is 5.97 Å². The quantitative estimate of drug-likeness (QED) is 0.319. The Kier molecular flexibility index (Phi) is 6.50. The number of hydrogen-bond donors (Lipinski definition) is 2. The van der Waals surface area contributed by atoms with Gasteiger partial charge in [0.25, 0.3) is 0 Å². The van der Waals surface area contributed by atoms with E-state index in [0.717, 1.165) is 30.4 Å². The van der Waals surface area contributed by atoms with Crippen LogP contribution in [0.5, 0.6) is 11.5 Å². The van der Waals surface area contributed by atoms with E-state index in [1.165, 1.54) is 37.1 Å². The number of hydrogen-bond acceptors (Lipinski definition) is 5. The highest BCUT2D eigenvalue weighted by molar-refractivity contribution is 5.96. The van der Waals surface area contributed by atoms with Crippen LogP contribution in [0.1, 0.15) is 64.9 Å². The number of phenolic OH excluding ortho intramolecular Hbond substituents is 2. The highest BCUT2D eigenvalue weighted by atomic mass is 16.5. The maximum absolute atomic E-state index is 13.4. The average molecular weight is 465 g/mol. The first-order chi connectivity index (χ1) is 16.0. The second-order valence-electron chi connectivity index (χ2n) is 11.2. The van der Waals surface area contributed by atoms with Gasteiger partial charge in [0.15, 0.2) is 17.3 Å². The first kappa shape index (κ1) is 24.3. The lowest BCUT2D eigenvalue weighted by Crippen LogP contribution is -2.55. The van der Waals surface area contributed by atoms with E-state index in [9.17, 15) is 19.8 Å². The number of phenols is 2. The standard InChI is InChI=1S/C29H36O5/c1-18-20(12-15-34-26(33)11-7-19-6-9-22(30)23(31)16-19)17-24(32)27-21(18)8-10-25-28(2,3)13-5-14-29(25,27)4/h6-7,9,11,16-17,21,25,27,30-31H,1,5,8,10,12-15H2,2-4H3/b11-7+/t21-,25-,27+,29-/m0/s1. The van der Waals surface area contributed by atoms with Crippen molar-refractivity contribution in [3.05, 3.63) is 53.6 Å². The summed E-state index contributed by atoms with van der Waals surface area (Å²) in [6.07, 6.45) is 10.7. The Morgan fingerprint density at radius 3 is 2.68 bits per heavy atom. The SMILES string of the molecule is C=C1C(CCOC(=O)/C=C/c2ccc(O)c(O)c2)=CC(=O)[C@H]2[C@H]1CC[C@H]1C(C)(C)CCC[C@]21C. The molecular weight excluding hydrogens is 428 g/mol. The first-order valence-electron chi connectivity index (χ1n) is 12.3. The topological polar surface area (TPSA) is 83.8 Å². The van der Waals surface area contributed by atoms with E-state index in [0.29, 0.717) is 17.9 Å². The van der Waals surface area contributed by atoms with Crippen molar-refractivity contribution in [1.29, 1.82) is 0 Å². The number of rotatable bonds is 5. The summed E-state index contributed by atoms with van der Waals surface area (Å²) in [5, 5.41) is 18.9. The van der Waals surface area contributed by atoms with Crippen molar-refractivity contribution in [3.8, 4) is 11.5 Å². The molecule has 4 atom stereocenters. The number of ether oxygens (including phenoxy) is 1. The highest BCUT2D eigenvalue weighted by Crippen LogP contribution is 2.63. The van der Waals surface area contributed by atoms with Crippen LogP contribution in [0, 0.1) is 28.6 Å². The third kappa shape index (κ3) is 4.45. The summed E-state index contributed by atoms with van der Waals surface area (Å²) in [6.45, 7) is 11.6. The van der Waals surface area contributed by atoms with Crippen molar-refractivity contribution in [1.82, 2.24) is 0 Å². The van der Waals surface area contributed by atoms with Gasteiger partial charge in [-0.2, -0.15) is 0 Å². The van der Waals surface area contributed by atoms with Gasteiger partial charge in [0.05, 0.1) is 6.61 Å². The zero-order valence-corrected chi connectivity index (χ0v) is 20.5.